The second-order valence-electron chi connectivity index (χ2n) is 9.19. The summed E-state index contributed by atoms with van der Waals surface area (Å²) in [4.78, 5) is 13.9. The molecule has 1 unspecified atom stereocenters. The van der Waals surface area contributed by atoms with Crippen molar-refractivity contribution < 1.29 is 33.6 Å². The Balaban J connectivity index is 1.51. The van der Waals surface area contributed by atoms with Crippen molar-refractivity contribution in [1.29, 1.82) is 0 Å². The number of carboxylic acid groups (broad SMARTS) is 1. The molecule has 0 bridgehead atoms. The van der Waals surface area contributed by atoms with Crippen molar-refractivity contribution >= 4 is 5.97 Å². The van der Waals surface area contributed by atoms with Gasteiger partial charge in [-0.15, -0.1) is 0 Å². The van der Waals surface area contributed by atoms with Gasteiger partial charge in [0.25, 0.3) is 0 Å². The van der Waals surface area contributed by atoms with Crippen LogP contribution >= 0.6 is 0 Å². The van der Waals surface area contributed by atoms with Crippen LogP contribution in [0.5, 0.6) is 28.7 Å². The van der Waals surface area contributed by atoms with Gasteiger partial charge in [0, 0.05) is 0 Å². The molecular formula is C29H31NO7. The van der Waals surface area contributed by atoms with E-state index >= 15 is 0 Å². The topological polar surface area (TPSA) is 86.7 Å². The smallest absolute Gasteiger partial charge is 0.306 e. The predicted octanol–water partition coefficient (Wildman–Crippen LogP) is 4.90. The third-order valence-electron chi connectivity index (χ3n) is 6.98. The van der Waals surface area contributed by atoms with Crippen molar-refractivity contribution in [2.75, 3.05) is 34.1 Å². The van der Waals surface area contributed by atoms with Gasteiger partial charge >= 0.3 is 5.97 Å². The molecule has 1 fully saturated rings. The van der Waals surface area contributed by atoms with Crippen LogP contribution in [-0.4, -0.2) is 50.1 Å². The van der Waals surface area contributed by atoms with Gasteiger partial charge in [-0.1, -0.05) is 36.4 Å². The fourth-order valence-corrected chi connectivity index (χ4v) is 5.03. The molecule has 2 aliphatic heterocycles. The first-order chi connectivity index (χ1) is 18.1. The zero-order valence-corrected chi connectivity index (χ0v) is 21.0. The lowest BCUT2D eigenvalue weighted by molar-refractivity contribution is -0.143. The Morgan fingerprint density at radius 2 is 1.62 bits per heavy atom. The van der Waals surface area contributed by atoms with E-state index in [0.29, 0.717) is 61.3 Å². The third-order valence-corrected chi connectivity index (χ3v) is 6.98. The highest BCUT2D eigenvalue weighted by atomic mass is 16.7. The lowest BCUT2D eigenvalue weighted by atomic mass is 9.91. The number of ether oxygens (including phenoxy) is 5. The van der Waals surface area contributed by atoms with Crippen LogP contribution in [-0.2, 0) is 11.4 Å². The van der Waals surface area contributed by atoms with Gasteiger partial charge in [-0.2, -0.15) is 0 Å². The Morgan fingerprint density at radius 1 is 0.946 bits per heavy atom. The number of hydrogen-bond acceptors (Lipinski definition) is 7. The summed E-state index contributed by atoms with van der Waals surface area (Å²) in [6.45, 7) is 1.86. The number of nitrogens with zero attached hydrogens (tertiary/aromatic N) is 1. The van der Waals surface area contributed by atoms with Crippen LogP contribution in [0.4, 0.5) is 0 Å². The quantitative estimate of drug-likeness (QED) is 0.440. The van der Waals surface area contributed by atoms with Crippen molar-refractivity contribution in [3.05, 3.63) is 77.4 Å². The third kappa shape index (κ3) is 5.29. The first-order valence-corrected chi connectivity index (χ1v) is 12.4. The predicted molar refractivity (Wildman–Crippen MR) is 137 cm³/mol. The van der Waals surface area contributed by atoms with Crippen molar-refractivity contribution in [2.45, 2.75) is 25.5 Å². The maximum Gasteiger partial charge on any atom is 0.306 e. The molecule has 1 N–H and O–H groups in total. The van der Waals surface area contributed by atoms with Gasteiger partial charge in [-0.3, -0.25) is 9.69 Å². The van der Waals surface area contributed by atoms with Crippen molar-refractivity contribution in [2.24, 2.45) is 5.92 Å². The van der Waals surface area contributed by atoms with Crippen molar-refractivity contribution in [3.8, 4) is 28.7 Å². The van der Waals surface area contributed by atoms with E-state index in [1.807, 2.05) is 60.7 Å². The van der Waals surface area contributed by atoms with E-state index < -0.39 is 5.97 Å². The van der Waals surface area contributed by atoms with Gasteiger partial charge in [0.2, 0.25) is 12.5 Å². The molecule has 0 aromatic heterocycles. The number of hydrogen-bond donors (Lipinski definition) is 1. The van der Waals surface area contributed by atoms with E-state index in [1.54, 1.807) is 14.2 Å². The van der Waals surface area contributed by atoms with E-state index in [-0.39, 0.29) is 18.8 Å². The molecule has 3 aromatic rings. The number of aliphatic carboxylic acids is 1. The summed E-state index contributed by atoms with van der Waals surface area (Å²) < 4.78 is 28.9. The number of rotatable bonds is 9. The minimum atomic E-state index is -0.734. The highest BCUT2D eigenvalue weighted by Crippen LogP contribution is 2.45. The van der Waals surface area contributed by atoms with Gasteiger partial charge in [0.15, 0.2) is 23.0 Å². The molecule has 8 heteroatoms. The summed E-state index contributed by atoms with van der Waals surface area (Å²) in [5, 5.41) is 9.51. The maximum atomic E-state index is 11.6. The van der Waals surface area contributed by atoms with E-state index in [0.717, 1.165) is 16.7 Å². The average molecular weight is 506 g/mol. The number of fused-ring (bicyclic) bond motifs is 1. The summed E-state index contributed by atoms with van der Waals surface area (Å²) in [5.74, 6) is 2.02. The SMILES string of the molecule is COc1cc(C(c2ccc3c(c2)OCO3)N2CCC(C(=O)O)CC2)cc(OC)c1OCc1ccccc1. The lowest BCUT2D eigenvalue weighted by Gasteiger charge is -2.37. The molecule has 37 heavy (non-hydrogen) atoms. The Labute approximate surface area is 216 Å². The van der Waals surface area contributed by atoms with E-state index in [4.69, 9.17) is 23.7 Å². The molecule has 1 saturated heterocycles. The monoisotopic (exact) mass is 505 g/mol. The summed E-state index contributed by atoms with van der Waals surface area (Å²) in [6, 6.07) is 19.6. The average Bonchev–Trinajstić information content (AvgIpc) is 3.41. The summed E-state index contributed by atoms with van der Waals surface area (Å²) in [6.07, 6.45) is 1.17. The Hall–Kier alpha value is -3.91. The van der Waals surface area contributed by atoms with E-state index in [2.05, 4.69) is 4.90 Å². The summed E-state index contributed by atoms with van der Waals surface area (Å²) >= 11 is 0. The lowest BCUT2D eigenvalue weighted by Crippen LogP contribution is -2.39. The zero-order chi connectivity index (χ0) is 25.8. The molecule has 3 aromatic carbocycles. The second-order valence-corrected chi connectivity index (χ2v) is 9.19. The molecule has 2 heterocycles. The number of methoxy groups -OCH3 is 2. The fraction of sp³-hybridized carbons (Fsp3) is 0.345. The standard InChI is InChI=1S/C29H31NO7/c1-33-25-15-22(16-26(34-2)28(25)35-17-19-6-4-3-5-7-19)27(30-12-10-20(11-13-30)29(31)32)21-8-9-23-24(14-21)37-18-36-23/h3-9,14-16,20,27H,10-13,17-18H2,1-2H3,(H,31,32). The Morgan fingerprint density at radius 3 is 2.27 bits per heavy atom. The van der Waals surface area contributed by atoms with Crippen LogP contribution in [0.2, 0.25) is 0 Å². The van der Waals surface area contributed by atoms with Gasteiger partial charge in [0.05, 0.1) is 26.2 Å². The van der Waals surface area contributed by atoms with Gasteiger partial charge in [-0.05, 0) is 66.9 Å². The molecule has 5 rings (SSSR count). The Bertz CT molecular complexity index is 1210. The van der Waals surface area contributed by atoms with Crippen LogP contribution in [0.15, 0.2) is 60.7 Å². The van der Waals surface area contributed by atoms with E-state index in [1.165, 1.54) is 0 Å². The van der Waals surface area contributed by atoms with Crippen molar-refractivity contribution in [3.63, 3.8) is 0 Å². The molecule has 0 radical (unpaired) electrons. The molecule has 194 valence electrons. The zero-order valence-electron chi connectivity index (χ0n) is 21.0. The van der Waals surface area contributed by atoms with Crippen LogP contribution in [0.1, 0.15) is 35.6 Å². The summed E-state index contributed by atoms with van der Waals surface area (Å²) in [5.41, 5.74) is 3.00. The second kappa shape index (κ2) is 11.0. The molecule has 2 aliphatic rings. The van der Waals surface area contributed by atoms with Crippen LogP contribution in [0.25, 0.3) is 0 Å². The number of piperidine rings is 1. The van der Waals surface area contributed by atoms with Gasteiger partial charge in [-0.25, -0.2) is 0 Å². The molecule has 8 nitrogen and oxygen atoms in total. The maximum absolute atomic E-state index is 11.6. The number of carbonyl (C=O) groups is 1. The molecular weight excluding hydrogens is 474 g/mol. The Kier molecular flexibility index (Phi) is 7.37. The van der Waals surface area contributed by atoms with E-state index in [9.17, 15) is 9.90 Å². The highest BCUT2D eigenvalue weighted by Gasteiger charge is 2.32. The van der Waals surface area contributed by atoms with Gasteiger partial charge in [0.1, 0.15) is 6.61 Å². The number of benzene rings is 3. The van der Waals surface area contributed by atoms with Crippen LogP contribution in [0.3, 0.4) is 0 Å². The first kappa shape index (κ1) is 24.8. The normalized spacial score (nSPS) is 16.3. The minimum absolute atomic E-state index is 0.171. The van der Waals surface area contributed by atoms with Crippen molar-refractivity contribution in [1.82, 2.24) is 4.90 Å². The van der Waals surface area contributed by atoms with Crippen LogP contribution in [0, 0.1) is 5.92 Å². The number of likely N-dealkylation sites (tertiary alicyclic amines) is 1. The first-order valence-electron chi connectivity index (χ1n) is 12.4. The largest absolute Gasteiger partial charge is 0.493 e. The molecule has 0 amide bonds. The van der Waals surface area contributed by atoms with Gasteiger partial charge < -0.3 is 28.8 Å². The summed E-state index contributed by atoms with van der Waals surface area (Å²) in [7, 11) is 3.23. The molecule has 1 atom stereocenters. The highest BCUT2D eigenvalue weighted by molar-refractivity contribution is 5.70. The molecule has 0 saturated carbocycles. The molecule has 0 aliphatic carbocycles. The van der Waals surface area contributed by atoms with Crippen LogP contribution < -0.4 is 23.7 Å². The molecule has 0 spiro atoms. The number of carboxylic acids is 1. The minimum Gasteiger partial charge on any atom is -0.493 e. The fourth-order valence-electron chi connectivity index (χ4n) is 5.03.